The van der Waals surface area contributed by atoms with Crippen LogP contribution in [0.4, 0.5) is 0 Å². The molecule has 0 bridgehead atoms. The predicted octanol–water partition coefficient (Wildman–Crippen LogP) is 3.11. The molecule has 2 aromatic carbocycles. The first-order valence-electron chi connectivity index (χ1n) is 9.86. The molecule has 1 aliphatic rings. The second kappa shape index (κ2) is 8.31. The Morgan fingerprint density at radius 2 is 1.66 bits per heavy atom. The Kier molecular flexibility index (Phi) is 5.42. The molecular weight excluding hydrogens is 366 g/mol. The fraction of sp³-hybridized carbons (Fsp3) is 0.261. The molecule has 6 heteroatoms. The van der Waals surface area contributed by atoms with Gasteiger partial charge in [-0.1, -0.05) is 30.3 Å². The van der Waals surface area contributed by atoms with Crippen LogP contribution in [0.3, 0.4) is 0 Å². The zero-order valence-corrected chi connectivity index (χ0v) is 16.1. The van der Waals surface area contributed by atoms with Crippen molar-refractivity contribution in [3.05, 3.63) is 71.9 Å². The van der Waals surface area contributed by atoms with Crippen molar-refractivity contribution >= 4 is 28.6 Å². The van der Waals surface area contributed by atoms with Crippen molar-refractivity contribution in [2.45, 2.75) is 32.4 Å². The van der Waals surface area contributed by atoms with Crippen molar-refractivity contribution < 1.29 is 14.4 Å². The van der Waals surface area contributed by atoms with Gasteiger partial charge in [-0.3, -0.25) is 19.3 Å². The summed E-state index contributed by atoms with van der Waals surface area (Å²) in [5.74, 6) is -0.387. The van der Waals surface area contributed by atoms with Crippen LogP contribution in [-0.4, -0.2) is 33.7 Å². The number of imide groups is 1. The lowest BCUT2D eigenvalue weighted by Gasteiger charge is -2.14. The van der Waals surface area contributed by atoms with Gasteiger partial charge in [0.15, 0.2) is 0 Å². The molecule has 2 heterocycles. The Balaban J connectivity index is 1.26. The van der Waals surface area contributed by atoms with Crippen LogP contribution in [0.5, 0.6) is 0 Å². The van der Waals surface area contributed by atoms with E-state index in [9.17, 15) is 14.4 Å². The number of carbonyl (C=O) groups excluding carboxylic acids is 3. The maximum absolute atomic E-state index is 12.3. The van der Waals surface area contributed by atoms with E-state index < -0.39 is 0 Å². The highest BCUT2D eigenvalue weighted by Crippen LogP contribution is 2.17. The molecule has 3 amide bonds. The van der Waals surface area contributed by atoms with Gasteiger partial charge in [-0.05, 0) is 41.6 Å². The van der Waals surface area contributed by atoms with E-state index in [0.29, 0.717) is 12.1 Å². The molecule has 3 aromatic rings. The number of rotatable bonds is 7. The van der Waals surface area contributed by atoms with Crippen LogP contribution in [-0.2, 0) is 22.7 Å². The van der Waals surface area contributed by atoms with Crippen molar-refractivity contribution in [2.24, 2.45) is 0 Å². The minimum absolute atomic E-state index is 0.123. The number of likely N-dealkylation sites (tertiary alicyclic amines) is 1. The molecule has 0 unspecified atom stereocenters. The van der Waals surface area contributed by atoms with Crippen LogP contribution in [0.2, 0.25) is 0 Å². The molecule has 148 valence electrons. The highest BCUT2D eigenvalue weighted by Gasteiger charge is 2.28. The Labute approximate surface area is 169 Å². The number of aromatic nitrogens is 1. The molecule has 1 saturated heterocycles. The fourth-order valence-corrected chi connectivity index (χ4v) is 3.63. The summed E-state index contributed by atoms with van der Waals surface area (Å²) >= 11 is 0. The van der Waals surface area contributed by atoms with Crippen LogP contribution >= 0.6 is 0 Å². The van der Waals surface area contributed by atoms with E-state index in [2.05, 4.69) is 34.3 Å². The quantitative estimate of drug-likeness (QED) is 0.499. The Hall–Kier alpha value is -3.41. The number of hydrogen-bond donors (Lipinski definition) is 1. The van der Waals surface area contributed by atoms with Crippen LogP contribution in [0.25, 0.3) is 10.9 Å². The normalized spacial score (nSPS) is 14.0. The SMILES string of the molecule is O=C(NCCCn1ccc2ccccc21)c1ccc(CN2C(=O)CCC2=O)cc1. The van der Waals surface area contributed by atoms with Crippen LogP contribution in [0.1, 0.15) is 35.2 Å². The van der Waals surface area contributed by atoms with Gasteiger partial charge >= 0.3 is 0 Å². The highest BCUT2D eigenvalue weighted by atomic mass is 16.2. The number of nitrogens with zero attached hydrogens (tertiary/aromatic N) is 2. The van der Waals surface area contributed by atoms with Gasteiger partial charge in [0.2, 0.25) is 11.8 Å². The molecule has 1 aromatic heterocycles. The number of aryl methyl sites for hydroxylation is 1. The number of para-hydroxylation sites is 1. The van der Waals surface area contributed by atoms with Crippen LogP contribution in [0.15, 0.2) is 60.8 Å². The summed E-state index contributed by atoms with van der Waals surface area (Å²) in [5.41, 5.74) is 2.60. The lowest BCUT2D eigenvalue weighted by molar-refractivity contribution is -0.139. The molecule has 0 saturated carbocycles. The van der Waals surface area contributed by atoms with E-state index >= 15 is 0 Å². The molecule has 0 spiro atoms. The van der Waals surface area contributed by atoms with E-state index in [1.165, 1.54) is 15.8 Å². The zero-order chi connectivity index (χ0) is 20.2. The van der Waals surface area contributed by atoms with E-state index in [1.54, 1.807) is 24.3 Å². The minimum atomic E-state index is -0.132. The second-order valence-electron chi connectivity index (χ2n) is 7.25. The largest absolute Gasteiger partial charge is 0.352 e. The average Bonchev–Trinajstić information content (AvgIpc) is 3.30. The minimum Gasteiger partial charge on any atom is -0.352 e. The summed E-state index contributed by atoms with van der Waals surface area (Å²) in [5, 5.41) is 4.16. The van der Waals surface area contributed by atoms with Crippen molar-refractivity contribution in [3.63, 3.8) is 0 Å². The van der Waals surface area contributed by atoms with Crippen molar-refractivity contribution in [2.75, 3.05) is 6.54 Å². The van der Waals surface area contributed by atoms with Crippen molar-refractivity contribution in [3.8, 4) is 0 Å². The second-order valence-corrected chi connectivity index (χ2v) is 7.25. The molecule has 1 N–H and O–H groups in total. The van der Waals surface area contributed by atoms with Gasteiger partial charge in [0.1, 0.15) is 0 Å². The highest BCUT2D eigenvalue weighted by molar-refractivity contribution is 6.01. The van der Waals surface area contributed by atoms with Crippen LogP contribution < -0.4 is 5.32 Å². The fourth-order valence-electron chi connectivity index (χ4n) is 3.63. The van der Waals surface area contributed by atoms with E-state index in [0.717, 1.165) is 18.5 Å². The first-order chi connectivity index (χ1) is 14.1. The number of nitrogens with one attached hydrogen (secondary N) is 1. The summed E-state index contributed by atoms with van der Waals surface area (Å²) in [6, 6.07) is 17.4. The number of fused-ring (bicyclic) bond motifs is 1. The van der Waals surface area contributed by atoms with Gasteiger partial charge in [0.25, 0.3) is 5.91 Å². The molecule has 4 rings (SSSR count). The summed E-state index contributed by atoms with van der Waals surface area (Å²) in [4.78, 5) is 37.0. The Bertz CT molecular complexity index is 1040. The molecule has 0 radical (unpaired) electrons. The topological polar surface area (TPSA) is 71.4 Å². The number of carbonyl (C=O) groups is 3. The molecule has 1 aliphatic heterocycles. The lowest BCUT2D eigenvalue weighted by Crippen LogP contribution is -2.28. The Morgan fingerprint density at radius 3 is 2.41 bits per heavy atom. The zero-order valence-electron chi connectivity index (χ0n) is 16.1. The Morgan fingerprint density at radius 1 is 0.931 bits per heavy atom. The summed E-state index contributed by atoms with van der Waals surface area (Å²) in [6.45, 7) is 1.69. The molecule has 0 aliphatic carbocycles. The molecule has 1 fully saturated rings. The lowest BCUT2D eigenvalue weighted by atomic mass is 10.1. The third kappa shape index (κ3) is 4.21. The number of benzene rings is 2. The van der Waals surface area contributed by atoms with Gasteiger partial charge in [-0.15, -0.1) is 0 Å². The van der Waals surface area contributed by atoms with Crippen LogP contribution in [0, 0.1) is 0 Å². The maximum Gasteiger partial charge on any atom is 0.251 e. The third-order valence-electron chi connectivity index (χ3n) is 5.25. The number of amides is 3. The summed E-state index contributed by atoms with van der Waals surface area (Å²) < 4.78 is 2.19. The third-order valence-corrected chi connectivity index (χ3v) is 5.25. The number of hydrogen-bond acceptors (Lipinski definition) is 3. The standard InChI is InChI=1S/C23H23N3O3/c27-21-10-11-22(28)26(21)16-17-6-8-19(9-7-17)23(29)24-13-3-14-25-15-12-18-4-1-2-5-20(18)25/h1-2,4-9,12,15H,3,10-11,13-14,16H2,(H,24,29). The average molecular weight is 389 g/mol. The first kappa shape index (κ1) is 18.9. The van der Waals surface area contributed by atoms with Gasteiger partial charge in [0.05, 0.1) is 6.54 Å². The first-order valence-corrected chi connectivity index (χ1v) is 9.86. The summed E-state index contributed by atoms with van der Waals surface area (Å²) in [7, 11) is 0. The van der Waals surface area contributed by atoms with Gasteiger partial charge in [-0.25, -0.2) is 0 Å². The van der Waals surface area contributed by atoms with Gasteiger partial charge in [0, 0.05) is 43.2 Å². The smallest absolute Gasteiger partial charge is 0.251 e. The molecule has 29 heavy (non-hydrogen) atoms. The van der Waals surface area contributed by atoms with Crippen molar-refractivity contribution in [1.29, 1.82) is 0 Å². The van der Waals surface area contributed by atoms with Gasteiger partial charge < -0.3 is 9.88 Å². The molecule has 6 nitrogen and oxygen atoms in total. The van der Waals surface area contributed by atoms with E-state index in [4.69, 9.17) is 0 Å². The van der Waals surface area contributed by atoms with Crippen molar-refractivity contribution in [1.82, 2.24) is 14.8 Å². The monoisotopic (exact) mass is 389 g/mol. The van der Waals surface area contributed by atoms with E-state index in [1.807, 2.05) is 12.1 Å². The molecular formula is C23H23N3O3. The van der Waals surface area contributed by atoms with Gasteiger partial charge in [-0.2, -0.15) is 0 Å². The van der Waals surface area contributed by atoms with E-state index in [-0.39, 0.29) is 37.1 Å². The summed E-state index contributed by atoms with van der Waals surface area (Å²) in [6.07, 6.45) is 3.49. The predicted molar refractivity (Wildman–Crippen MR) is 110 cm³/mol. The molecule has 0 atom stereocenters. The maximum atomic E-state index is 12.3.